The van der Waals surface area contributed by atoms with E-state index >= 15 is 0 Å². The monoisotopic (exact) mass is 520 g/mol. The van der Waals surface area contributed by atoms with Crippen molar-refractivity contribution in [2.24, 2.45) is 4.99 Å². The van der Waals surface area contributed by atoms with Gasteiger partial charge in [0.2, 0.25) is 0 Å². The number of thioether (sulfide) groups is 1. The van der Waals surface area contributed by atoms with E-state index in [1.807, 2.05) is 29.2 Å². The number of nitrogens with zero attached hydrogens (tertiary/aromatic N) is 3. The van der Waals surface area contributed by atoms with Crippen LogP contribution >= 0.6 is 23.4 Å². The number of benzene rings is 2. The lowest BCUT2D eigenvalue weighted by atomic mass is 10.1. The van der Waals surface area contributed by atoms with Crippen molar-refractivity contribution in [1.29, 1.82) is 0 Å². The van der Waals surface area contributed by atoms with Gasteiger partial charge in [-0.15, -0.1) is 0 Å². The number of methoxy groups -OCH3 is 1. The summed E-state index contributed by atoms with van der Waals surface area (Å²) in [6.07, 6.45) is 0. The van der Waals surface area contributed by atoms with Gasteiger partial charge < -0.3 is 19.9 Å². The number of amidine groups is 1. The van der Waals surface area contributed by atoms with Gasteiger partial charge in [-0.25, -0.2) is 8.42 Å². The van der Waals surface area contributed by atoms with Gasteiger partial charge >= 0.3 is 0 Å². The maximum atomic E-state index is 13.2. The van der Waals surface area contributed by atoms with E-state index in [1.54, 1.807) is 25.3 Å². The predicted octanol–water partition coefficient (Wildman–Crippen LogP) is 2.99. The lowest BCUT2D eigenvalue weighted by Crippen LogP contribution is -2.48. The first-order valence-corrected chi connectivity index (χ1v) is 14.1. The van der Waals surface area contributed by atoms with Crippen molar-refractivity contribution in [3.63, 3.8) is 0 Å². The van der Waals surface area contributed by atoms with Crippen LogP contribution < -0.4 is 15.0 Å². The highest BCUT2D eigenvalue weighted by Crippen LogP contribution is 2.36. The molecule has 0 radical (unpaired) electrons. The zero-order valence-corrected chi connectivity index (χ0v) is 21.0. The summed E-state index contributed by atoms with van der Waals surface area (Å²) in [6, 6.07) is 12.9. The van der Waals surface area contributed by atoms with Crippen molar-refractivity contribution in [3.05, 3.63) is 53.1 Å². The number of rotatable bonds is 4. The molecule has 0 aliphatic carbocycles. The van der Waals surface area contributed by atoms with Crippen molar-refractivity contribution in [2.45, 2.75) is 11.3 Å². The van der Waals surface area contributed by atoms with E-state index in [0.717, 1.165) is 24.5 Å². The lowest BCUT2D eigenvalue weighted by Gasteiger charge is -2.36. The third-order valence-corrected chi connectivity index (χ3v) is 9.73. The van der Waals surface area contributed by atoms with Gasteiger partial charge in [0.15, 0.2) is 15.0 Å². The first-order chi connectivity index (χ1) is 16.3. The number of carbonyl (C=O) groups excluding carboxylic acids is 1. The Balaban J connectivity index is 1.23. The molecule has 2 saturated heterocycles. The highest BCUT2D eigenvalue weighted by Gasteiger charge is 2.42. The van der Waals surface area contributed by atoms with Crippen LogP contribution in [0.2, 0.25) is 5.02 Å². The van der Waals surface area contributed by atoms with Crippen molar-refractivity contribution in [3.8, 4) is 5.75 Å². The zero-order chi connectivity index (χ0) is 23.9. The maximum Gasteiger partial charge on any atom is 0.254 e. The van der Waals surface area contributed by atoms with Crippen LogP contribution in [0.3, 0.4) is 0 Å². The molecule has 3 heterocycles. The molecule has 1 amide bonds. The highest BCUT2D eigenvalue weighted by atomic mass is 35.5. The summed E-state index contributed by atoms with van der Waals surface area (Å²) < 4.78 is 28.9. The van der Waals surface area contributed by atoms with Crippen molar-refractivity contribution in [1.82, 2.24) is 4.90 Å². The second-order valence-corrected chi connectivity index (χ2v) is 12.3. The summed E-state index contributed by atoms with van der Waals surface area (Å²) in [6.45, 7) is 2.69. The number of piperazine rings is 1. The van der Waals surface area contributed by atoms with Crippen molar-refractivity contribution < 1.29 is 17.9 Å². The molecule has 11 heteroatoms. The van der Waals surface area contributed by atoms with Gasteiger partial charge in [-0.1, -0.05) is 29.4 Å². The maximum absolute atomic E-state index is 13.2. The van der Waals surface area contributed by atoms with E-state index in [0.29, 0.717) is 34.5 Å². The Bertz CT molecular complexity index is 1250. The third-order valence-electron chi connectivity index (χ3n) is 6.26. The number of hydrogen-bond acceptors (Lipinski definition) is 8. The van der Waals surface area contributed by atoms with Crippen LogP contribution in [0.15, 0.2) is 47.5 Å². The molecule has 8 nitrogen and oxygen atoms in total. The van der Waals surface area contributed by atoms with Crippen LogP contribution in [0.4, 0.5) is 11.4 Å². The molecule has 2 atom stereocenters. The first kappa shape index (κ1) is 23.3. The summed E-state index contributed by atoms with van der Waals surface area (Å²) >= 11 is 7.80. The van der Waals surface area contributed by atoms with Gasteiger partial charge in [-0.3, -0.25) is 9.79 Å². The van der Waals surface area contributed by atoms with E-state index in [4.69, 9.17) is 16.3 Å². The summed E-state index contributed by atoms with van der Waals surface area (Å²) in [5.41, 5.74) is 2.22. The number of aliphatic imine (C=N–C) groups is 1. The van der Waals surface area contributed by atoms with Gasteiger partial charge in [-0.05, 0) is 30.3 Å². The van der Waals surface area contributed by atoms with Crippen molar-refractivity contribution >= 4 is 55.6 Å². The largest absolute Gasteiger partial charge is 0.497 e. The minimum Gasteiger partial charge on any atom is -0.497 e. The number of anilines is 2. The van der Waals surface area contributed by atoms with Gasteiger partial charge in [0.25, 0.3) is 5.91 Å². The fourth-order valence-electron chi connectivity index (χ4n) is 4.44. The van der Waals surface area contributed by atoms with Gasteiger partial charge in [0.05, 0.1) is 35.4 Å². The first-order valence-electron chi connectivity index (χ1n) is 11.0. The molecule has 180 valence electrons. The molecular weight excluding hydrogens is 496 g/mol. The SMILES string of the molecule is COc1cccc(N2CCN(C(=O)c3ccc(Cl)c(NC4=N[C@@H]5CS(=O)(=O)C[C@H]5S4)c3)CC2)c1. The van der Waals surface area contributed by atoms with E-state index in [9.17, 15) is 13.2 Å². The molecule has 3 aliphatic heterocycles. The Morgan fingerprint density at radius 1 is 1.15 bits per heavy atom. The normalized spacial score (nSPS) is 23.4. The van der Waals surface area contributed by atoms with E-state index < -0.39 is 9.84 Å². The summed E-state index contributed by atoms with van der Waals surface area (Å²) in [5, 5.41) is 4.26. The number of amides is 1. The minimum atomic E-state index is -3.01. The topological polar surface area (TPSA) is 91.3 Å². The number of halogens is 1. The molecule has 2 fully saturated rings. The quantitative estimate of drug-likeness (QED) is 0.662. The van der Waals surface area contributed by atoms with E-state index in [2.05, 4.69) is 15.2 Å². The second-order valence-electron chi connectivity index (χ2n) is 8.54. The second kappa shape index (κ2) is 9.31. The van der Waals surface area contributed by atoms with E-state index in [1.165, 1.54) is 11.8 Å². The number of hydrogen-bond donors (Lipinski definition) is 1. The third kappa shape index (κ3) is 4.85. The Labute approximate surface area is 208 Å². The number of ether oxygens (including phenoxy) is 1. The van der Waals surface area contributed by atoms with Crippen LogP contribution in [0.1, 0.15) is 10.4 Å². The molecule has 2 aromatic carbocycles. The smallest absolute Gasteiger partial charge is 0.254 e. The molecule has 0 aromatic heterocycles. The van der Waals surface area contributed by atoms with Crippen LogP contribution in [-0.2, 0) is 9.84 Å². The van der Waals surface area contributed by atoms with Crippen LogP contribution in [0.25, 0.3) is 0 Å². The van der Waals surface area contributed by atoms with Crippen LogP contribution in [0.5, 0.6) is 5.75 Å². The standard InChI is InChI=1S/C23H25ClN4O4S2/c1-32-17-4-2-3-16(12-17)27-7-9-28(10-8-27)22(29)15-5-6-18(24)19(11-15)25-23-26-20-13-34(30,31)14-21(20)33-23/h2-6,11-12,20-21H,7-10,13-14H2,1H3,(H,25,26)/t20-,21-/m1/s1. The molecule has 34 heavy (non-hydrogen) atoms. The summed E-state index contributed by atoms with van der Waals surface area (Å²) in [4.78, 5) is 21.8. The Hall–Kier alpha value is -2.43. The molecule has 5 rings (SSSR count). The average Bonchev–Trinajstić information content (AvgIpc) is 3.32. The zero-order valence-electron chi connectivity index (χ0n) is 18.6. The summed E-state index contributed by atoms with van der Waals surface area (Å²) in [5.74, 6) is 0.996. The Morgan fingerprint density at radius 2 is 1.94 bits per heavy atom. The number of fused-ring (bicyclic) bond motifs is 1. The van der Waals surface area contributed by atoms with Gasteiger partial charge in [0, 0.05) is 48.7 Å². The molecule has 0 spiro atoms. The molecule has 3 aliphatic rings. The predicted molar refractivity (Wildman–Crippen MR) is 137 cm³/mol. The number of nitrogens with one attached hydrogen (secondary N) is 1. The Kier molecular flexibility index (Phi) is 6.39. The highest BCUT2D eigenvalue weighted by molar-refractivity contribution is 8.15. The molecule has 0 unspecified atom stereocenters. The molecule has 2 aromatic rings. The molecule has 1 N–H and O–H groups in total. The summed E-state index contributed by atoms with van der Waals surface area (Å²) in [7, 11) is -1.36. The van der Waals surface area contributed by atoms with Crippen LogP contribution in [0, 0.1) is 0 Å². The molecule has 0 saturated carbocycles. The fourth-order valence-corrected chi connectivity index (χ4v) is 8.28. The lowest BCUT2D eigenvalue weighted by molar-refractivity contribution is 0.0747. The average molecular weight is 521 g/mol. The van der Waals surface area contributed by atoms with Gasteiger partial charge in [0.1, 0.15) is 5.75 Å². The number of carbonyl (C=O) groups is 1. The fraction of sp³-hybridized carbons (Fsp3) is 0.391. The van der Waals surface area contributed by atoms with E-state index in [-0.39, 0.29) is 28.7 Å². The minimum absolute atomic E-state index is 0.0472. The molecule has 0 bridgehead atoms. The van der Waals surface area contributed by atoms with Gasteiger partial charge in [-0.2, -0.15) is 0 Å². The Morgan fingerprint density at radius 3 is 2.68 bits per heavy atom. The molecular formula is C23H25ClN4O4S2. The number of sulfone groups is 1. The van der Waals surface area contributed by atoms with Crippen LogP contribution in [-0.4, -0.2) is 80.5 Å². The van der Waals surface area contributed by atoms with Crippen molar-refractivity contribution in [2.75, 3.05) is 55.0 Å².